The molecule has 0 aliphatic heterocycles. The highest BCUT2D eigenvalue weighted by molar-refractivity contribution is 6.51. The third kappa shape index (κ3) is 1.56. The molecule has 0 saturated heterocycles. The van der Waals surface area contributed by atoms with Crippen LogP contribution in [-0.2, 0) is 0 Å². The number of aromatic nitrogens is 2. The SMILES string of the molecule is B(c1ccccc1)n1cccn1. The van der Waals surface area contributed by atoms with Gasteiger partial charge in [-0.05, 0) is 6.07 Å². The number of hydrogen-bond acceptors (Lipinski definition) is 1. The monoisotopic (exact) mass is 156 g/mol. The summed E-state index contributed by atoms with van der Waals surface area (Å²) in [7, 11) is 0.855. The molecule has 2 rings (SSSR count). The van der Waals surface area contributed by atoms with Crippen molar-refractivity contribution in [1.29, 1.82) is 0 Å². The van der Waals surface area contributed by atoms with E-state index in [1.54, 1.807) is 6.20 Å². The van der Waals surface area contributed by atoms with E-state index in [1.807, 2.05) is 35.1 Å². The third-order valence-electron chi connectivity index (χ3n) is 1.75. The predicted octanol–water partition coefficient (Wildman–Crippen LogP) is 0.408. The average molecular weight is 156 g/mol. The molecular weight excluding hydrogens is 147 g/mol. The first-order valence-corrected chi connectivity index (χ1v) is 3.96. The van der Waals surface area contributed by atoms with Crippen molar-refractivity contribution in [1.82, 2.24) is 9.69 Å². The van der Waals surface area contributed by atoms with Crippen molar-refractivity contribution in [3.63, 3.8) is 0 Å². The smallest absolute Gasteiger partial charge is 0.298 e. The van der Waals surface area contributed by atoms with Gasteiger partial charge in [-0.15, -0.1) is 0 Å². The molecule has 0 saturated carbocycles. The second-order valence-corrected chi connectivity index (χ2v) is 2.69. The molecule has 0 spiro atoms. The Morgan fingerprint density at radius 2 is 1.92 bits per heavy atom. The molecule has 1 aromatic heterocycles. The van der Waals surface area contributed by atoms with Crippen LogP contribution in [0.15, 0.2) is 48.8 Å². The Hall–Kier alpha value is -1.51. The lowest BCUT2D eigenvalue weighted by molar-refractivity contribution is 0.982. The van der Waals surface area contributed by atoms with Crippen LogP contribution in [0.4, 0.5) is 0 Å². The molecule has 0 unspecified atom stereocenters. The zero-order valence-corrected chi connectivity index (χ0v) is 6.72. The fourth-order valence-corrected chi connectivity index (χ4v) is 1.16. The number of nitrogens with zero attached hydrogens (tertiary/aromatic N) is 2. The summed E-state index contributed by atoms with van der Waals surface area (Å²) in [6.45, 7) is 0. The molecule has 12 heavy (non-hydrogen) atoms. The molecule has 58 valence electrons. The lowest BCUT2D eigenvalue weighted by Gasteiger charge is -1.97. The molecule has 1 aromatic carbocycles. The van der Waals surface area contributed by atoms with Crippen LogP contribution in [0, 0.1) is 0 Å². The maximum atomic E-state index is 4.13. The quantitative estimate of drug-likeness (QED) is 0.575. The molecule has 0 N–H and O–H groups in total. The van der Waals surface area contributed by atoms with Crippen molar-refractivity contribution in [2.75, 3.05) is 0 Å². The summed E-state index contributed by atoms with van der Waals surface area (Å²) >= 11 is 0. The lowest BCUT2D eigenvalue weighted by Crippen LogP contribution is -2.22. The van der Waals surface area contributed by atoms with Crippen LogP contribution in [0.3, 0.4) is 0 Å². The van der Waals surface area contributed by atoms with E-state index in [4.69, 9.17) is 0 Å². The molecule has 0 amide bonds. The topological polar surface area (TPSA) is 17.8 Å². The second-order valence-electron chi connectivity index (χ2n) is 2.69. The molecule has 0 atom stereocenters. The highest BCUT2D eigenvalue weighted by Crippen LogP contribution is 1.83. The van der Waals surface area contributed by atoms with Gasteiger partial charge in [-0.3, -0.25) is 0 Å². The Bertz CT molecular complexity index is 329. The van der Waals surface area contributed by atoms with Crippen LogP contribution in [0.1, 0.15) is 0 Å². The van der Waals surface area contributed by atoms with E-state index >= 15 is 0 Å². The summed E-state index contributed by atoms with van der Waals surface area (Å²) in [5.41, 5.74) is 1.28. The summed E-state index contributed by atoms with van der Waals surface area (Å²) in [4.78, 5) is 0. The van der Waals surface area contributed by atoms with E-state index in [0.29, 0.717) is 0 Å². The lowest BCUT2D eigenvalue weighted by atomic mass is 9.83. The number of hydrogen-bond donors (Lipinski definition) is 0. The van der Waals surface area contributed by atoms with Gasteiger partial charge >= 0.3 is 0 Å². The van der Waals surface area contributed by atoms with Gasteiger partial charge in [0.2, 0.25) is 0 Å². The van der Waals surface area contributed by atoms with Crippen molar-refractivity contribution in [3.8, 4) is 0 Å². The van der Waals surface area contributed by atoms with Crippen LogP contribution in [-0.4, -0.2) is 17.1 Å². The zero-order chi connectivity index (χ0) is 8.23. The van der Waals surface area contributed by atoms with Gasteiger partial charge < -0.3 is 4.59 Å². The highest BCUT2D eigenvalue weighted by Gasteiger charge is 1.95. The maximum absolute atomic E-state index is 4.13. The van der Waals surface area contributed by atoms with E-state index < -0.39 is 0 Å². The molecule has 2 nitrogen and oxygen atoms in total. The van der Waals surface area contributed by atoms with Crippen LogP contribution >= 0.6 is 0 Å². The minimum Gasteiger partial charge on any atom is -0.316 e. The second kappa shape index (κ2) is 3.26. The van der Waals surface area contributed by atoms with E-state index in [0.717, 1.165) is 7.41 Å². The molecule has 2 aromatic rings. The van der Waals surface area contributed by atoms with Gasteiger partial charge in [0, 0.05) is 12.4 Å². The van der Waals surface area contributed by atoms with Gasteiger partial charge in [0.25, 0.3) is 7.41 Å². The standard InChI is InChI=1S/C9H9BN2/c1-2-5-9(6-3-1)10-12-8-4-7-11-12/h1-8,10H. The first-order valence-electron chi connectivity index (χ1n) is 3.96. The number of benzene rings is 1. The van der Waals surface area contributed by atoms with Gasteiger partial charge in [-0.25, -0.2) is 0 Å². The molecule has 1 heterocycles. The van der Waals surface area contributed by atoms with Crippen LogP contribution in [0.2, 0.25) is 0 Å². The van der Waals surface area contributed by atoms with Crippen LogP contribution < -0.4 is 5.46 Å². The molecular formula is C9H9BN2. The molecule has 0 fully saturated rings. The Labute approximate surface area is 72.1 Å². The van der Waals surface area contributed by atoms with Gasteiger partial charge in [-0.1, -0.05) is 35.8 Å². The minimum absolute atomic E-state index is 0.855. The summed E-state index contributed by atoms with van der Waals surface area (Å²) < 4.78 is 1.91. The average Bonchev–Trinajstić information content (AvgIpc) is 2.59. The van der Waals surface area contributed by atoms with E-state index in [2.05, 4.69) is 17.2 Å². The van der Waals surface area contributed by atoms with Gasteiger partial charge in [0.15, 0.2) is 0 Å². The van der Waals surface area contributed by atoms with E-state index in [1.165, 1.54) is 5.46 Å². The van der Waals surface area contributed by atoms with Crippen molar-refractivity contribution in [3.05, 3.63) is 48.8 Å². The van der Waals surface area contributed by atoms with Gasteiger partial charge in [0.05, 0.1) is 0 Å². The van der Waals surface area contributed by atoms with Crippen molar-refractivity contribution in [2.45, 2.75) is 0 Å². The van der Waals surface area contributed by atoms with E-state index in [9.17, 15) is 0 Å². The fraction of sp³-hybridized carbons (Fsp3) is 0. The number of rotatable bonds is 2. The van der Waals surface area contributed by atoms with Gasteiger partial charge in [-0.2, -0.15) is 5.10 Å². The molecule has 0 radical (unpaired) electrons. The molecule has 0 bridgehead atoms. The summed E-state index contributed by atoms with van der Waals surface area (Å²) in [5, 5.41) is 4.13. The summed E-state index contributed by atoms with van der Waals surface area (Å²) in [5.74, 6) is 0. The van der Waals surface area contributed by atoms with Crippen LogP contribution in [0.25, 0.3) is 0 Å². The van der Waals surface area contributed by atoms with Gasteiger partial charge in [0.1, 0.15) is 0 Å². The molecule has 0 aliphatic carbocycles. The highest BCUT2D eigenvalue weighted by atomic mass is 15.2. The first-order chi connectivity index (χ1) is 5.95. The fourth-order valence-electron chi connectivity index (χ4n) is 1.16. The van der Waals surface area contributed by atoms with Crippen molar-refractivity contribution >= 4 is 12.9 Å². The third-order valence-corrected chi connectivity index (χ3v) is 1.75. The van der Waals surface area contributed by atoms with Crippen molar-refractivity contribution < 1.29 is 0 Å². The largest absolute Gasteiger partial charge is 0.316 e. The molecule has 3 heteroatoms. The normalized spacial score (nSPS) is 9.67. The molecule has 0 aliphatic rings. The van der Waals surface area contributed by atoms with Crippen LogP contribution in [0.5, 0.6) is 0 Å². The van der Waals surface area contributed by atoms with Crippen molar-refractivity contribution in [2.24, 2.45) is 0 Å². The maximum Gasteiger partial charge on any atom is 0.298 e. The predicted molar refractivity (Wildman–Crippen MR) is 50.9 cm³/mol. The Morgan fingerprint density at radius 1 is 1.08 bits per heavy atom. The van der Waals surface area contributed by atoms with E-state index in [-0.39, 0.29) is 0 Å². The Morgan fingerprint density at radius 3 is 2.58 bits per heavy atom. The Balaban J connectivity index is 2.15. The Kier molecular flexibility index (Phi) is 1.95. The summed E-state index contributed by atoms with van der Waals surface area (Å²) in [6.07, 6.45) is 3.76. The first kappa shape index (κ1) is 7.16. The zero-order valence-electron chi connectivity index (χ0n) is 6.72. The summed E-state index contributed by atoms with van der Waals surface area (Å²) in [6, 6.07) is 12.2. The minimum atomic E-state index is 0.855.